The van der Waals surface area contributed by atoms with Crippen LogP contribution in [0.2, 0.25) is 0 Å². The second kappa shape index (κ2) is 7.10. The first-order valence-electron chi connectivity index (χ1n) is 7.34. The van der Waals surface area contributed by atoms with E-state index < -0.39 is 0 Å². The van der Waals surface area contributed by atoms with Crippen molar-refractivity contribution in [2.24, 2.45) is 0 Å². The molecular formula is C17H21ClFNO. The fourth-order valence-corrected chi connectivity index (χ4v) is 2.87. The van der Waals surface area contributed by atoms with Gasteiger partial charge in [0.25, 0.3) is 0 Å². The van der Waals surface area contributed by atoms with Crippen molar-refractivity contribution in [3.63, 3.8) is 0 Å². The summed E-state index contributed by atoms with van der Waals surface area (Å²) < 4.78 is 19.9. The maximum absolute atomic E-state index is 13.8. The number of fused-ring (bicyclic) bond motifs is 1. The van der Waals surface area contributed by atoms with Gasteiger partial charge in [-0.2, -0.15) is 0 Å². The van der Waals surface area contributed by atoms with E-state index in [1.807, 2.05) is 18.2 Å². The molecule has 1 aliphatic rings. The quantitative estimate of drug-likeness (QED) is 0.840. The molecule has 114 valence electrons. The van der Waals surface area contributed by atoms with Crippen molar-refractivity contribution in [2.45, 2.75) is 25.9 Å². The highest BCUT2D eigenvalue weighted by molar-refractivity contribution is 5.88. The highest BCUT2D eigenvalue weighted by atomic mass is 35.5. The molecule has 0 amide bonds. The Morgan fingerprint density at radius 1 is 1.10 bits per heavy atom. The van der Waals surface area contributed by atoms with E-state index in [9.17, 15) is 4.39 Å². The van der Waals surface area contributed by atoms with Gasteiger partial charge in [-0.25, -0.2) is 4.39 Å². The summed E-state index contributed by atoms with van der Waals surface area (Å²) in [6.07, 6.45) is 2.32. The predicted octanol–water partition coefficient (Wildman–Crippen LogP) is 4.26. The van der Waals surface area contributed by atoms with Gasteiger partial charge in [-0.05, 0) is 31.5 Å². The second-order valence-corrected chi connectivity index (χ2v) is 5.34. The lowest BCUT2D eigenvalue weighted by Gasteiger charge is -2.31. The van der Waals surface area contributed by atoms with Crippen molar-refractivity contribution in [2.75, 3.05) is 19.6 Å². The highest BCUT2D eigenvalue weighted by Gasteiger charge is 2.20. The molecule has 2 aromatic rings. The van der Waals surface area contributed by atoms with Crippen LogP contribution in [0.15, 0.2) is 36.4 Å². The molecular weight excluding hydrogens is 289 g/mol. The van der Waals surface area contributed by atoms with Crippen molar-refractivity contribution in [3.05, 3.63) is 42.2 Å². The lowest BCUT2D eigenvalue weighted by Crippen LogP contribution is -2.38. The van der Waals surface area contributed by atoms with E-state index in [4.69, 9.17) is 4.74 Å². The van der Waals surface area contributed by atoms with E-state index in [0.29, 0.717) is 5.39 Å². The first kappa shape index (κ1) is 16.1. The number of halogens is 2. The summed E-state index contributed by atoms with van der Waals surface area (Å²) in [5, 5.41) is 1.50. The first-order valence-corrected chi connectivity index (χ1v) is 7.34. The fraction of sp³-hybridized carbons (Fsp3) is 0.412. The molecule has 0 atom stereocenters. The zero-order valence-corrected chi connectivity index (χ0v) is 13.0. The van der Waals surface area contributed by atoms with Crippen molar-refractivity contribution < 1.29 is 9.13 Å². The molecule has 0 aromatic heterocycles. The monoisotopic (exact) mass is 309 g/mol. The number of likely N-dealkylation sites (tertiary alicyclic amines) is 1. The molecule has 1 heterocycles. The minimum Gasteiger partial charge on any atom is -0.490 e. The zero-order valence-electron chi connectivity index (χ0n) is 12.2. The Kier molecular flexibility index (Phi) is 5.43. The molecule has 21 heavy (non-hydrogen) atoms. The Morgan fingerprint density at radius 3 is 2.48 bits per heavy atom. The number of piperidine rings is 1. The lowest BCUT2D eigenvalue weighted by atomic mass is 10.1. The van der Waals surface area contributed by atoms with Crippen molar-refractivity contribution in [3.8, 4) is 5.75 Å². The summed E-state index contributed by atoms with van der Waals surface area (Å²) in [7, 11) is 0. The zero-order chi connectivity index (χ0) is 13.9. The number of benzene rings is 2. The van der Waals surface area contributed by atoms with Crippen LogP contribution in [0.3, 0.4) is 0 Å². The molecule has 0 N–H and O–H groups in total. The van der Waals surface area contributed by atoms with Crippen LogP contribution in [0.1, 0.15) is 19.8 Å². The van der Waals surface area contributed by atoms with Crippen LogP contribution >= 0.6 is 12.4 Å². The third-order valence-corrected chi connectivity index (χ3v) is 4.10. The van der Waals surface area contributed by atoms with E-state index in [0.717, 1.165) is 43.6 Å². The van der Waals surface area contributed by atoms with Gasteiger partial charge in [-0.3, -0.25) is 0 Å². The van der Waals surface area contributed by atoms with Gasteiger partial charge in [0.1, 0.15) is 17.7 Å². The van der Waals surface area contributed by atoms with E-state index in [1.54, 1.807) is 12.1 Å². The van der Waals surface area contributed by atoms with Crippen LogP contribution in [0.25, 0.3) is 10.8 Å². The topological polar surface area (TPSA) is 12.5 Å². The molecule has 0 saturated carbocycles. The average Bonchev–Trinajstić information content (AvgIpc) is 2.49. The van der Waals surface area contributed by atoms with Gasteiger partial charge in [0.15, 0.2) is 0 Å². The van der Waals surface area contributed by atoms with Gasteiger partial charge in [0.05, 0.1) is 0 Å². The van der Waals surface area contributed by atoms with Gasteiger partial charge < -0.3 is 9.64 Å². The normalized spacial score (nSPS) is 16.7. The van der Waals surface area contributed by atoms with Crippen LogP contribution < -0.4 is 4.74 Å². The summed E-state index contributed by atoms with van der Waals surface area (Å²) in [5.41, 5.74) is 0. The van der Waals surface area contributed by atoms with E-state index in [1.165, 1.54) is 6.07 Å². The average molecular weight is 310 g/mol. The summed E-state index contributed by atoms with van der Waals surface area (Å²) >= 11 is 0. The standard InChI is InChI=1S/C17H20FNO.ClH/c1-2-19-11-9-13(10-12-19)20-17-8-4-5-14-15(17)6-3-7-16(14)18;/h3-8,13H,2,9-12H2,1H3;1H. The van der Waals surface area contributed by atoms with Gasteiger partial charge >= 0.3 is 0 Å². The molecule has 0 radical (unpaired) electrons. The van der Waals surface area contributed by atoms with E-state index in [-0.39, 0.29) is 24.3 Å². The third-order valence-electron chi connectivity index (χ3n) is 4.10. The maximum Gasteiger partial charge on any atom is 0.131 e. The second-order valence-electron chi connectivity index (χ2n) is 5.34. The Balaban J connectivity index is 0.00000161. The summed E-state index contributed by atoms with van der Waals surface area (Å²) in [6, 6.07) is 10.8. The lowest BCUT2D eigenvalue weighted by molar-refractivity contribution is 0.105. The molecule has 1 saturated heterocycles. The van der Waals surface area contributed by atoms with Gasteiger partial charge in [0, 0.05) is 23.9 Å². The van der Waals surface area contributed by atoms with Gasteiger partial charge in [-0.1, -0.05) is 31.2 Å². The van der Waals surface area contributed by atoms with Crippen LogP contribution in [0, 0.1) is 5.82 Å². The number of ether oxygens (including phenoxy) is 1. The fourth-order valence-electron chi connectivity index (χ4n) is 2.87. The van der Waals surface area contributed by atoms with Crippen LogP contribution in [0.4, 0.5) is 4.39 Å². The molecule has 2 nitrogen and oxygen atoms in total. The van der Waals surface area contributed by atoms with E-state index in [2.05, 4.69) is 11.8 Å². The predicted molar refractivity (Wildman–Crippen MR) is 86.9 cm³/mol. The minimum absolute atomic E-state index is 0. The number of hydrogen-bond donors (Lipinski definition) is 0. The number of nitrogens with zero attached hydrogens (tertiary/aromatic N) is 1. The van der Waals surface area contributed by atoms with Crippen molar-refractivity contribution in [1.29, 1.82) is 0 Å². The molecule has 1 aliphatic heterocycles. The smallest absolute Gasteiger partial charge is 0.131 e. The summed E-state index contributed by atoms with van der Waals surface area (Å²) in [4.78, 5) is 2.43. The molecule has 0 spiro atoms. The SMILES string of the molecule is CCN1CCC(Oc2cccc3c(F)cccc23)CC1.Cl. The third kappa shape index (κ3) is 3.47. The molecule has 4 heteroatoms. The van der Waals surface area contributed by atoms with Gasteiger partial charge in [-0.15, -0.1) is 12.4 Å². The summed E-state index contributed by atoms with van der Waals surface area (Å²) in [6.45, 7) is 5.46. The minimum atomic E-state index is -0.186. The van der Waals surface area contributed by atoms with Gasteiger partial charge in [0.2, 0.25) is 0 Å². The van der Waals surface area contributed by atoms with Crippen LogP contribution in [-0.4, -0.2) is 30.6 Å². The van der Waals surface area contributed by atoms with Crippen LogP contribution in [0.5, 0.6) is 5.75 Å². The molecule has 0 unspecified atom stereocenters. The largest absolute Gasteiger partial charge is 0.490 e. The Morgan fingerprint density at radius 2 is 1.76 bits per heavy atom. The Hall–Kier alpha value is -1.32. The summed E-state index contributed by atoms with van der Waals surface area (Å²) in [5.74, 6) is 0.616. The molecule has 3 rings (SSSR count). The maximum atomic E-state index is 13.8. The number of rotatable bonds is 3. The van der Waals surface area contributed by atoms with E-state index >= 15 is 0 Å². The Bertz CT molecular complexity index is 596. The Labute approximate surface area is 131 Å². The number of hydrogen-bond acceptors (Lipinski definition) is 2. The molecule has 1 fully saturated rings. The first-order chi connectivity index (χ1) is 9.78. The molecule has 0 aliphatic carbocycles. The van der Waals surface area contributed by atoms with Crippen LogP contribution in [-0.2, 0) is 0 Å². The van der Waals surface area contributed by atoms with Crippen molar-refractivity contribution in [1.82, 2.24) is 4.90 Å². The molecule has 0 bridgehead atoms. The molecule has 2 aromatic carbocycles. The highest BCUT2D eigenvalue weighted by Crippen LogP contribution is 2.29. The van der Waals surface area contributed by atoms with Crippen molar-refractivity contribution >= 4 is 23.2 Å².